The third kappa shape index (κ3) is 10.2. The maximum absolute atomic E-state index is 15.7. The molecule has 0 aromatic heterocycles. The Hall–Kier alpha value is -6.35. The SMILES string of the molecule is CC(=O)O[C@H]1C(=O)[C@@]2(C)[C@H]([C@H](OC(=O)c3ccccc3)[C@]3(O)C[C@H](OC(=O)[C@H](OC(=O)COCCOCCN)[C@@H](NC(=O)c4ccccc4)c4ccccc4)C(C)=C1C3(C)C)[C@]1(OC(C)=O)CO[C@@H]1C[C@@H]2O. The number of fused-ring (bicyclic) bond motifs is 5. The van der Waals surface area contributed by atoms with E-state index in [1.165, 1.54) is 26.0 Å². The van der Waals surface area contributed by atoms with Gasteiger partial charge in [-0.2, -0.15) is 0 Å². The Kier molecular flexibility index (Phi) is 16.2. The van der Waals surface area contributed by atoms with E-state index in [0.29, 0.717) is 5.56 Å². The van der Waals surface area contributed by atoms with Crippen molar-refractivity contribution in [3.8, 4) is 0 Å². The summed E-state index contributed by atoms with van der Waals surface area (Å²) in [4.78, 5) is 99.4. The summed E-state index contributed by atoms with van der Waals surface area (Å²) in [7, 11) is 0. The smallest absolute Gasteiger partial charge is 0.350 e. The van der Waals surface area contributed by atoms with Gasteiger partial charge in [0, 0.05) is 44.2 Å². The van der Waals surface area contributed by atoms with Crippen molar-refractivity contribution in [1.29, 1.82) is 0 Å². The molecule has 0 radical (unpaired) electrons. The summed E-state index contributed by atoms with van der Waals surface area (Å²) in [6.07, 6.45) is -10.9. The summed E-state index contributed by atoms with van der Waals surface area (Å²) in [5, 5.41) is 29.0. The van der Waals surface area contributed by atoms with Gasteiger partial charge in [-0.3, -0.25) is 19.2 Å². The second-order valence-electron chi connectivity index (χ2n) is 19.3. The largest absolute Gasteiger partial charge is 0.455 e. The van der Waals surface area contributed by atoms with Gasteiger partial charge >= 0.3 is 29.8 Å². The van der Waals surface area contributed by atoms with Gasteiger partial charge in [-0.25, -0.2) is 14.4 Å². The number of nitrogens with one attached hydrogen (secondary N) is 1. The van der Waals surface area contributed by atoms with E-state index in [1.54, 1.807) is 92.7 Å². The number of hydrogen-bond acceptors (Lipinski definition) is 18. The van der Waals surface area contributed by atoms with Gasteiger partial charge in [0.05, 0.1) is 49.4 Å². The maximum atomic E-state index is 15.7. The lowest BCUT2D eigenvalue weighted by molar-refractivity contribution is -0.346. The number of rotatable bonds is 18. The summed E-state index contributed by atoms with van der Waals surface area (Å²) in [6, 6.07) is 22.6. The second kappa shape index (κ2) is 21.8. The van der Waals surface area contributed by atoms with Crippen LogP contribution in [0.25, 0.3) is 0 Å². The minimum absolute atomic E-state index is 0.0399. The molecule has 2 saturated carbocycles. The minimum Gasteiger partial charge on any atom is -0.455 e. The highest BCUT2D eigenvalue weighted by Gasteiger charge is 2.78. The molecule has 7 rings (SSSR count). The van der Waals surface area contributed by atoms with E-state index >= 15 is 9.59 Å². The van der Waals surface area contributed by atoms with E-state index in [1.807, 2.05) is 0 Å². The standard InChI is InChI=1S/C53H62N2O17/c1-30-36(69-49(63)43(70-39(59)28-66-25-24-65-23-22-54)41(33-16-10-7-11-17-33)55-47(61)34-18-12-8-13-19-34)27-53(64)46(71-48(62)35-20-14-9-15-21-35)44-51(6,37(58)26-38-52(44,29-67-38)72-32(3)57)45(60)42(68-31(2)56)40(30)50(53,4)5/h7-21,36-38,41-44,46,58,64H,22-29,54H2,1-6H3,(H,55,61)/t36-,37-,38+,41-,42+,43+,44-,46-,51+,52-,53+/m0/s1. The first-order valence-electron chi connectivity index (χ1n) is 23.8. The van der Waals surface area contributed by atoms with Crippen molar-refractivity contribution in [1.82, 2.24) is 5.32 Å². The lowest BCUT2D eigenvalue weighted by atomic mass is 9.44. The first kappa shape index (κ1) is 53.4. The molecule has 1 heterocycles. The normalized spacial score (nSPS) is 29.0. The average molecular weight is 999 g/mol. The number of nitrogens with two attached hydrogens (primary N) is 1. The Bertz CT molecular complexity index is 2540. The fourth-order valence-electron chi connectivity index (χ4n) is 10.9. The summed E-state index contributed by atoms with van der Waals surface area (Å²) >= 11 is 0. The molecule has 3 aliphatic carbocycles. The Balaban J connectivity index is 1.39. The highest BCUT2D eigenvalue weighted by molar-refractivity contribution is 5.96. The predicted octanol–water partition coefficient (Wildman–Crippen LogP) is 3.28. The van der Waals surface area contributed by atoms with Gasteiger partial charge in [-0.1, -0.05) is 80.6 Å². The van der Waals surface area contributed by atoms with E-state index in [0.717, 1.165) is 13.8 Å². The first-order valence-corrected chi connectivity index (χ1v) is 23.8. The predicted molar refractivity (Wildman–Crippen MR) is 252 cm³/mol. The first-order chi connectivity index (χ1) is 34.2. The number of benzene rings is 3. The molecule has 0 spiro atoms. The molecule has 5 N–H and O–H groups in total. The van der Waals surface area contributed by atoms with Gasteiger partial charge in [0.15, 0.2) is 17.5 Å². The molecule has 3 aromatic carbocycles. The number of esters is 5. The van der Waals surface area contributed by atoms with Crippen LogP contribution in [0.5, 0.6) is 0 Å². The zero-order valence-electron chi connectivity index (χ0n) is 41.0. The fraction of sp³-hybridized carbons (Fsp3) is 0.491. The van der Waals surface area contributed by atoms with E-state index < -0.39 is 125 Å². The van der Waals surface area contributed by atoms with Gasteiger partial charge in [-0.05, 0) is 54.8 Å². The summed E-state index contributed by atoms with van der Waals surface area (Å²) in [6.45, 7) is 7.75. The van der Waals surface area contributed by atoms with Crippen molar-refractivity contribution >= 4 is 41.5 Å². The molecule has 11 atom stereocenters. The number of aliphatic hydroxyl groups excluding tert-OH is 1. The monoisotopic (exact) mass is 998 g/mol. The molecule has 19 heteroatoms. The van der Waals surface area contributed by atoms with Crippen LogP contribution >= 0.6 is 0 Å². The van der Waals surface area contributed by atoms with Gasteiger partial charge < -0.3 is 59.2 Å². The average Bonchev–Trinajstić information content (AvgIpc) is 3.35. The molecular formula is C53H62N2O17. The summed E-state index contributed by atoms with van der Waals surface area (Å²) < 4.78 is 47.5. The van der Waals surface area contributed by atoms with Gasteiger partial charge in [-0.15, -0.1) is 0 Å². The topological polar surface area (TPSA) is 272 Å². The van der Waals surface area contributed by atoms with E-state index in [-0.39, 0.29) is 61.7 Å². The third-order valence-corrected chi connectivity index (χ3v) is 14.6. The van der Waals surface area contributed by atoms with Crippen molar-refractivity contribution < 1.29 is 81.7 Å². The Morgan fingerprint density at radius 1 is 0.819 bits per heavy atom. The molecule has 0 unspecified atom stereocenters. The molecule has 19 nitrogen and oxygen atoms in total. The van der Waals surface area contributed by atoms with Gasteiger partial charge in [0.25, 0.3) is 5.91 Å². The lowest BCUT2D eigenvalue weighted by Crippen LogP contribution is -2.82. The van der Waals surface area contributed by atoms with Crippen LogP contribution in [0, 0.1) is 16.7 Å². The number of amides is 1. The molecule has 1 aliphatic heterocycles. The Morgan fingerprint density at radius 2 is 1.43 bits per heavy atom. The Morgan fingerprint density at radius 3 is 2.01 bits per heavy atom. The quantitative estimate of drug-likeness (QED) is 0.0616. The molecular weight excluding hydrogens is 937 g/mol. The molecule has 3 fully saturated rings. The molecule has 4 aliphatic rings. The summed E-state index contributed by atoms with van der Waals surface area (Å²) in [5.74, 6) is -8.13. The number of ketones is 1. The van der Waals surface area contributed by atoms with Crippen LogP contribution in [0.15, 0.2) is 102 Å². The second-order valence-corrected chi connectivity index (χ2v) is 19.3. The van der Waals surface area contributed by atoms with Crippen molar-refractivity contribution in [2.45, 2.75) is 108 Å². The Labute approximate surface area is 416 Å². The van der Waals surface area contributed by atoms with E-state index in [9.17, 15) is 34.2 Å². The lowest BCUT2D eigenvalue weighted by Gasteiger charge is -2.67. The van der Waals surface area contributed by atoms with Crippen LogP contribution in [0.3, 0.4) is 0 Å². The molecule has 72 heavy (non-hydrogen) atoms. The minimum atomic E-state index is -2.47. The number of Topliss-reactive ketones (excluding diaryl/α,β-unsaturated/α-hetero) is 1. The highest BCUT2D eigenvalue weighted by atomic mass is 16.6. The van der Waals surface area contributed by atoms with Crippen molar-refractivity contribution in [2.24, 2.45) is 22.5 Å². The highest BCUT2D eigenvalue weighted by Crippen LogP contribution is 2.64. The number of carbonyl (C=O) groups is 7. The van der Waals surface area contributed by atoms with E-state index in [2.05, 4.69) is 5.32 Å². The molecule has 3 aromatic rings. The van der Waals surface area contributed by atoms with Crippen LogP contribution in [-0.2, 0) is 61.9 Å². The third-order valence-electron chi connectivity index (χ3n) is 14.6. The molecule has 386 valence electrons. The number of carbonyl (C=O) groups excluding carboxylic acids is 7. The molecule has 2 bridgehead atoms. The van der Waals surface area contributed by atoms with Crippen LogP contribution in [-0.4, -0.2) is 139 Å². The van der Waals surface area contributed by atoms with Gasteiger partial charge in [0.1, 0.15) is 36.6 Å². The number of aliphatic hydroxyl groups is 2. The number of ether oxygens (including phenoxy) is 8. The van der Waals surface area contributed by atoms with E-state index in [4.69, 9.17) is 43.6 Å². The fourth-order valence-corrected chi connectivity index (χ4v) is 10.9. The maximum Gasteiger partial charge on any atom is 0.350 e. The van der Waals surface area contributed by atoms with Gasteiger partial charge in [0.2, 0.25) is 6.10 Å². The summed E-state index contributed by atoms with van der Waals surface area (Å²) in [5.41, 5.74) is -2.02. The van der Waals surface area contributed by atoms with Crippen LogP contribution < -0.4 is 11.1 Å². The molecule has 1 saturated heterocycles. The van der Waals surface area contributed by atoms with Crippen molar-refractivity contribution in [2.75, 3.05) is 39.6 Å². The zero-order valence-corrected chi connectivity index (χ0v) is 41.0. The van der Waals surface area contributed by atoms with Crippen LogP contribution in [0.1, 0.15) is 86.7 Å². The zero-order chi connectivity index (χ0) is 52.2. The van der Waals surface area contributed by atoms with Crippen molar-refractivity contribution in [3.05, 3.63) is 119 Å². The van der Waals surface area contributed by atoms with Crippen LogP contribution in [0.2, 0.25) is 0 Å². The number of hydrogen-bond donors (Lipinski definition) is 4. The van der Waals surface area contributed by atoms with Crippen molar-refractivity contribution in [3.63, 3.8) is 0 Å². The van der Waals surface area contributed by atoms with Crippen LogP contribution in [0.4, 0.5) is 0 Å². The molecule has 1 amide bonds.